The highest BCUT2D eigenvalue weighted by molar-refractivity contribution is 5.95. The summed E-state index contributed by atoms with van der Waals surface area (Å²) in [4.78, 5) is 33.8. The molecular formula is C20H36N4O2. The van der Waals surface area contributed by atoms with Crippen LogP contribution in [0.3, 0.4) is 0 Å². The van der Waals surface area contributed by atoms with Crippen molar-refractivity contribution in [3.05, 3.63) is 23.8 Å². The largest absolute Gasteiger partial charge is 0.343 e. The highest BCUT2D eigenvalue weighted by Crippen LogP contribution is 2.53. The SMILES string of the molecule is CC.CCC.Cc1ncc(C(=O)NCC(=O)N2CCC3(CC2)CC3)cn1.[HH]. The number of aryl methyl sites for hydroxylation is 1. The molecule has 6 heteroatoms. The number of carbonyl (C=O) groups excluding carboxylic acids is 2. The topological polar surface area (TPSA) is 75.2 Å². The van der Waals surface area contributed by atoms with E-state index in [4.69, 9.17) is 0 Å². The first-order valence-corrected chi connectivity index (χ1v) is 9.84. The maximum absolute atomic E-state index is 12.1. The molecule has 0 radical (unpaired) electrons. The van der Waals surface area contributed by atoms with Crippen LogP contribution in [0.25, 0.3) is 0 Å². The van der Waals surface area contributed by atoms with Crippen molar-refractivity contribution in [1.29, 1.82) is 0 Å². The Morgan fingerprint density at radius 2 is 1.62 bits per heavy atom. The van der Waals surface area contributed by atoms with Crippen molar-refractivity contribution in [3.63, 3.8) is 0 Å². The molecule has 26 heavy (non-hydrogen) atoms. The van der Waals surface area contributed by atoms with Crippen molar-refractivity contribution in [1.82, 2.24) is 20.2 Å². The fourth-order valence-electron chi connectivity index (χ4n) is 2.79. The zero-order chi connectivity index (χ0) is 19.6. The number of aromatic nitrogens is 2. The minimum Gasteiger partial charge on any atom is -0.343 e. The van der Waals surface area contributed by atoms with Crippen LogP contribution in [0.5, 0.6) is 0 Å². The third-order valence-corrected chi connectivity index (χ3v) is 4.58. The van der Waals surface area contributed by atoms with Gasteiger partial charge in [-0.15, -0.1) is 0 Å². The molecule has 1 aromatic heterocycles. The lowest BCUT2D eigenvalue weighted by atomic mass is 9.94. The van der Waals surface area contributed by atoms with E-state index < -0.39 is 0 Å². The lowest BCUT2D eigenvalue weighted by molar-refractivity contribution is -0.131. The first-order chi connectivity index (χ1) is 12.5. The zero-order valence-corrected chi connectivity index (χ0v) is 17.0. The number of nitrogens with zero attached hydrogens (tertiary/aromatic N) is 3. The molecule has 3 rings (SSSR count). The zero-order valence-electron chi connectivity index (χ0n) is 17.0. The molecule has 1 saturated carbocycles. The number of piperidine rings is 1. The Bertz CT molecular complexity index is 564. The quantitative estimate of drug-likeness (QED) is 0.889. The van der Waals surface area contributed by atoms with Crippen LogP contribution in [0, 0.1) is 12.3 Å². The van der Waals surface area contributed by atoms with Gasteiger partial charge in [0.1, 0.15) is 5.82 Å². The van der Waals surface area contributed by atoms with E-state index in [-0.39, 0.29) is 19.8 Å². The highest BCUT2D eigenvalue weighted by atomic mass is 16.2. The molecule has 6 nitrogen and oxygen atoms in total. The highest BCUT2D eigenvalue weighted by Gasteiger charge is 2.44. The molecule has 1 aromatic rings. The number of amides is 2. The van der Waals surface area contributed by atoms with Crippen LogP contribution in [0.15, 0.2) is 12.4 Å². The summed E-state index contributed by atoms with van der Waals surface area (Å²) < 4.78 is 0. The predicted octanol–water partition coefficient (Wildman–Crippen LogP) is 3.61. The minimum atomic E-state index is -0.306. The third kappa shape index (κ3) is 6.73. The van der Waals surface area contributed by atoms with E-state index >= 15 is 0 Å². The summed E-state index contributed by atoms with van der Waals surface area (Å²) >= 11 is 0. The molecule has 2 aliphatic rings. The van der Waals surface area contributed by atoms with E-state index in [2.05, 4.69) is 29.1 Å². The molecule has 2 amide bonds. The van der Waals surface area contributed by atoms with Crippen LogP contribution in [0.2, 0.25) is 0 Å². The van der Waals surface area contributed by atoms with Gasteiger partial charge >= 0.3 is 0 Å². The van der Waals surface area contributed by atoms with E-state index in [9.17, 15) is 9.59 Å². The van der Waals surface area contributed by atoms with Gasteiger partial charge in [-0.05, 0) is 38.0 Å². The van der Waals surface area contributed by atoms with Crippen molar-refractivity contribution in [3.8, 4) is 0 Å². The van der Waals surface area contributed by atoms with E-state index in [0.29, 0.717) is 16.8 Å². The molecule has 2 fully saturated rings. The van der Waals surface area contributed by atoms with Crippen LogP contribution in [0.4, 0.5) is 0 Å². The van der Waals surface area contributed by atoms with Crippen LogP contribution >= 0.6 is 0 Å². The molecule has 0 atom stereocenters. The van der Waals surface area contributed by atoms with Crippen molar-refractivity contribution >= 4 is 11.8 Å². The number of nitrogens with one attached hydrogen (secondary N) is 1. The number of carbonyl (C=O) groups is 2. The fraction of sp³-hybridized carbons (Fsp3) is 0.700. The molecule has 1 aliphatic heterocycles. The number of rotatable bonds is 3. The van der Waals surface area contributed by atoms with Crippen LogP contribution in [-0.4, -0.2) is 46.3 Å². The predicted molar refractivity (Wildman–Crippen MR) is 106 cm³/mol. The molecule has 0 unspecified atom stereocenters. The number of likely N-dealkylation sites (tertiary alicyclic amines) is 1. The molecule has 2 heterocycles. The monoisotopic (exact) mass is 364 g/mol. The molecule has 148 valence electrons. The molecule has 0 aromatic carbocycles. The van der Waals surface area contributed by atoms with Gasteiger partial charge in [-0.25, -0.2) is 9.97 Å². The summed E-state index contributed by atoms with van der Waals surface area (Å²) in [6.07, 6.45) is 9.05. The summed E-state index contributed by atoms with van der Waals surface area (Å²) in [6, 6.07) is 0. The van der Waals surface area contributed by atoms with E-state index in [1.807, 2.05) is 18.7 Å². The van der Waals surface area contributed by atoms with Gasteiger partial charge in [-0.1, -0.05) is 34.1 Å². The maximum atomic E-state index is 12.1. The normalized spacial score (nSPS) is 16.6. The molecule has 1 saturated heterocycles. The Balaban J connectivity index is 0.00000103. The molecule has 1 aliphatic carbocycles. The number of hydrogen-bond acceptors (Lipinski definition) is 4. The second-order valence-corrected chi connectivity index (χ2v) is 6.79. The van der Waals surface area contributed by atoms with Gasteiger partial charge in [0.15, 0.2) is 0 Å². The standard InChI is InChI=1S/C15H20N4O2.C3H8.C2H6.H2/c1-11-16-8-12(9-17-11)14(21)18-10-13(20)19-6-4-15(2-3-15)5-7-19;1-3-2;1-2;/h8-9H,2-7,10H2,1H3,(H,18,21);3H2,1-2H3;1-2H3;1H. The maximum Gasteiger partial charge on any atom is 0.254 e. The van der Waals surface area contributed by atoms with Gasteiger partial charge < -0.3 is 10.2 Å². The molecule has 1 spiro atoms. The fourth-order valence-corrected chi connectivity index (χ4v) is 2.79. The second-order valence-electron chi connectivity index (χ2n) is 6.79. The van der Waals surface area contributed by atoms with Crippen molar-refractivity contribution in [2.24, 2.45) is 5.41 Å². The first-order valence-electron chi connectivity index (χ1n) is 9.84. The second kappa shape index (κ2) is 10.9. The molecule has 1 N–H and O–H groups in total. The van der Waals surface area contributed by atoms with Crippen molar-refractivity contribution in [2.45, 2.75) is 66.7 Å². The van der Waals surface area contributed by atoms with Crippen LogP contribution in [-0.2, 0) is 4.79 Å². The number of hydrogen-bond donors (Lipinski definition) is 1. The Kier molecular flexibility index (Phi) is 9.24. The summed E-state index contributed by atoms with van der Waals surface area (Å²) in [6.45, 7) is 11.7. The van der Waals surface area contributed by atoms with Gasteiger partial charge in [-0.3, -0.25) is 9.59 Å². The summed E-state index contributed by atoms with van der Waals surface area (Å²) in [5.41, 5.74) is 0.934. The van der Waals surface area contributed by atoms with Crippen molar-refractivity contribution in [2.75, 3.05) is 19.6 Å². The van der Waals surface area contributed by atoms with E-state index in [1.54, 1.807) is 6.92 Å². The van der Waals surface area contributed by atoms with Crippen LogP contribution in [0.1, 0.15) is 77.4 Å². The summed E-state index contributed by atoms with van der Waals surface area (Å²) in [7, 11) is 0. The Morgan fingerprint density at radius 3 is 2.08 bits per heavy atom. The van der Waals surface area contributed by atoms with Gasteiger partial charge in [0.25, 0.3) is 5.91 Å². The lowest BCUT2D eigenvalue weighted by Crippen LogP contribution is -2.44. The molecular weight excluding hydrogens is 328 g/mol. The van der Waals surface area contributed by atoms with Crippen molar-refractivity contribution < 1.29 is 11.0 Å². The Labute approximate surface area is 159 Å². The van der Waals surface area contributed by atoms with Crippen LogP contribution < -0.4 is 5.32 Å². The smallest absolute Gasteiger partial charge is 0.254 e. The van der Waals surface area contributed by atoms with E-state index in [0.717, 1.165) is 25.9 Å². The van der Waals surface area contributed by atoms with Gasteiger partial charge in [-0.2, -0.15) is 0 Å². The lowest BCUT2D eigenvalue weighted by Gasteiger charge is -2.32. The van der Waals surface area contributed by atoms with Gasteiger partial charge in [0, 0.05) is 26.9 Å². The third-order valence-electron chi connectivity index (χ3n) is 4.58. The molecule has 0 bridgehead atoms. The summed E-state index contributed by atoms with van der Waals surface area (Å²) in [5, 5.41) is 2.64. The van der Waals surface area contributed by atoms with E-state index in [1.165, 1.54) is 31.7 Å². The van der Waals surface area contributed by atoms with Gasteiger partial charge in [0.05, 0.1) is 12.1 Å². The summed E-state index contributed by atoms with van der Waals surface area (Å²) in [5.74, 6) is 0.302. The van der Waals surface area contributed by atoms with Gasteiger partial charge in [0.2, 0.25) is 5.91 Å². The average Bonchev–Trinajstić information content (AvgIpc) is 3.42. The first kappa shape index (κ1) is 22.1. The average molecular weight is 365 g/mol. The Morgan fingerprint density at radius 1 is 1.12 bits per heavy atom. The Hall–Kier alpha value is -1.98. The minimum absolute atomic E-state index is 0.